The number of amides is 1. The van der Waals surface area contributed by atoms with E-state index in [-0.39, 0.29) is 6.10 Å². The Hall–Kier alpha value is -2.09. The molecule has 1 saturated heterocycles. The molecule has 8 heteroatoms. The molecule has 0 radical (unpaired) electrons. The van der Waals surface area contributed by atoms with Gasteiger partial charge in [0.15, 0.2) is 5.96 Å². The van der Waals surface area contributed by atoms with Crippen molar-refractivity contribution < 1.29 is 9.53 Å². The SMILES string of the molecule is NC(=O)c1cnn2c1CC(CN=C(N)NCC1CCCO1)CC2. The van der Waals surface area contributed by atoms with E-state index in [1.807, 2.05) is 4.68 Å². The van der Waals surface area contributed by atoms with Crippen molar-refractivity contribution in [2.75, 3.05) is 19.7 Å². The van der Waals surface area contributed by atoms with Crippen molar-refractivity contribution in [3.8, 4) is 0 Å². The Bertz CT molecular complexity index is 591. The van der Waals surface area contributed by atoms with Gasteiger partial charge in [-0.1, -0.05) is 0 Å². The standard InChI is InChI=1S/C15H24N6O2/c16-14(22)12-9-20-21-4-3-10(6-13(12)21)7-18-15(17)19-8-11-2-1-5-23-11/h9-11H,1-8H2,(H2,16,22)(H3,17,18,19). The molecule has 1 aromatic rings. The van der Waals surface area contributed by atoms with Crippen molar-refractivity contribution in [3.05, 3.63) is 17.5 Å². The number of hydrogen-bond acceptors (Lipinski definition) is 4. The van der Waals surface area contributed by atoms with Crippen LogP contribution >= 0.6 is 0 Å². The first-order valence-electron chi connectivity index (χ1n) is 8.13. The van der Waals surface area contributed by atoms with Gasteiger partial charge in [0.25, 0.3) is 5.91 Å². The maximum Gasteiger partial charge on any atom is 0.252 e. The van der Waals surface area contributed by atoms with E-state index >= 15 is 0 Å². The lowest BCUT2D eigenvalue weighted by atomic mass is 9.94. The summed E-state index contributed by atoms with van der Waals surface area (Å²) in [7, 11) is 0. The molecule has 2 unspecified atom stereocenters. The third-order valence-electron chi connectivity index (χ3n) is 4.50. The lowest BCUT2D eigenvalue weighted by molar-refractivity contribution is 0.0998. The van der Waals surface area contributed by atoms with Gasteiger partial charge in [0.1, 0.15) is 0 Å². The van der Waals surface area contributed by atoms with Gasteiger partial charge in [-0.25, -0.2) is 0 Å². The summed E-state index contributed by atoms with van der Waals surface area (Å²) in [6.07, 6.45) is 5.70. The predicted octanol–water partition coefficient (Wildman–Crippen LogP) is -0.372. The molecule has 2 aliphatic heterocycles. The van der Waals surface area contributed by atoms with E-state index in [9.17, 15) is 4.79 Å². The zero-order chi connectivity index (χ0) is 16.2. The second-order valence-corrected chi connectivity index (χ2v) is 6.19. The number of nitrogens with one attached hydrogen (secondary N) is 1. The van der Waals surface area contributed by atoms with E-state index in [4.69, 9.17) is 16.2 Å². The van der Waals surface area contributed by atoms with Crippen LogP contribution in [0, 0.1) is 5.92 Å². The summed E-state index contributed by atoms with van der Waals surface area (Å²) < 4.78 is 7.40. The second-order valence-electron chi connectivity index (χ2n) is 6.19. The molecule has 1 aromatic heterocycles. The molecule has 0 bridgehead atoms. The highest BCUT2D eigenvalue weighted by atomic mass is 16.5. The largest absolute Gasteiger partial charge is 0.376 e. The van der Waals surface area contributed by atoms with Gasteiger partial charge < -0.3 is 21.5 Å². The van der Waals surface area contributed by atoms with E-state index < -0.39 is 5.91 Å². The van der Waals surface area contributed by atoms with E-state index in [0.717, 1.165) is 44.5 Å². The first kappa shape index (κ1) is 15.8. The number of aryl methyl sites for hydroxylation is 1. The van der Waals surface area contributed by atoms with Crippen LogP contribution in [-0.4, -0.2) is 47.4 Å². The van der Waals surface area contributed by atoms with Crippen LogP contribution in [0.15, 0.2) is 11.2 Å². The highest BCUT2D eigenvalue weighted by Gasteiger charge is 2.24. The van der Waals surface area contributed by atoms with Crippen LogP contribution < -0.4 is 16.8 Å². The number of guanidine groups is 1. The number of primary amides is 1. The summed E-state index contributed by atoms with van der Waals surface area (Å²) in [5, 5.41) is 7.33. The number of aliphatic imine (C=N–C) groups is 1. The van der Waals surface area contributed by atoms with Gasteiger partial charge >= 0.3 is 0 Å². The van der Waals surface area contributed by atoms with E-state index in [1.165, 1.54) is 0 Å². The fourth-order valence-electron chi connectivity index (χ4n) is 3.17. The molecule has 0 aromatic carbocycles. The Morgan fingerprint density at radius 3 is 3.09 bits per heavy atom. The van der Waals surface area contributed by atoms with Crippen LogP contribution in [0.25, 0.3) is 0 Å². The smallest absolute Gasteiger partial charge is 0.252 e. The molecule has 126 valence electrons. The number of rotatable bonds is 5. The Kier molecular flexibility index (Phi) is 4.80. The summed E-state index contributed by atoms with van der Waals surface area (Å²) in [6.45, 7) is 2.96. The second kappa shape index (κ2) is 6.99. The highest BCUT2D eigenvalue weighted by molar-refractivity contribution is 5.93. The summed E-state index contributed by atoms with van der Waals surface area (Å²) >= 11 is 0. The van der Waals surface area contributed by atoms with Gasteiger partial charge in [-0.15, -0.1) is 0 Å². The number of carbonyl (C=O) groups is 1. The van der Waals surface area contributed by atoms with Crippen molar-refractivity contribution in [2.24, 2.45) is 22.4 Å². The van der Waals surface area contributed by atoms with Crippen LogP contribution in [0.4, 0.5) is 0 Å². The lowest BCUT2D eigenvalue weighted by Crippen LogP contribution is -2.37. The van der Waals surface area contributed by atoms with Gasteiger partial charge in [-0.05, 0) is 31.6 Å². The van der Waals surface area contributed by atoms with Crippen LogP contribution in [-0.2, 0) is 17.7 Å². The molecule has 2 aliphatic rings. The number of hydrogen-bond donors (Lipinski definition) is 3. The Morgan fingerprint density at radius 2 is 2.35 bits per heavy atom. The average Bonchev–Trinajstić information content (AvgIpc) is 3.19. The van der Waals surface area contributed by atoms with Crippen LogP contribution in [0.2, 0.25) is 0 Å². The minimum absolute atomic E-state index is 0.242. The highest BCUT2D eigenvalue weighted by Crippen LogP contribution is 2.23. The monoisotopic (exact) mass is 320 g/mol. The number of nitrogens with zero attached hydrogens (tertiary/aromatic N) is 3. The Balaban J connectivity index is 1.51. The molecule has 0 spiro atoms. The molecule has 23 heavy (non-hydrogen) atoms. The number of carbonyl (C=O) groups excluding carboxylic acids is 1. The predicted molar refractivity (Wildman–Crippen MR) is 86.0 cm³/mol. The molecular formula is C15H24N6O2. The van der Waals surface area contributed by atoms with E-state index in [2.05, 4.69) is 15.4 Å². The van der Waals surface area contributed by atoms with Gasteiger partial charge in [-0.2, -0.15) is 5.10 Å². The average molecular weight is 320 g/mol. The molecule has 0 saturated carbocycles. The molecule has 3 heterocycles. The van der Waals surface area contributed by atoms with Crippen LogP contribution in [0.5, 0.6) is 0 Å². The topological polar surface area (TPSA) is 121 Å². The fraction of sp³-hybridized carbons (Fsp3) is 0.667. The Morgan fingerprint density at radius 1 is 1.48 bits per heavy atom. The van der Waals surface area contributed by atoms with Crippen LogP contribution in [0.1, 0.15) is 35.3 Å². The quantitative estimate of drug-likeness (QED) is 0.505. The normalized spacial score (nSPS) is 24.4. The number of aromatic nitrogens is 2. The number of ether oxygens (including phenoxy) is 1. The molecule has 0 aliphatic carbocycles. The summed E-state index contributed by atoms with van der Waals surface area (Å²) in [4.78, 5) is 15.8. The van der Waals surface area contributed by atoms with Crippen LogP contribution in [0.3, 0.4) is 0 Å². The fourth-order valence-corrected chi connectivity index (χ4v) is 3.17. The minimum Gasteiger partial charge on any atom is -0.376 e. The molecule has 1 fully saturated rings. The zero-order valence-corrected chi connectivity index (χ0v) is 13.2. The van der Waals surface area contributed by atoms with E-state index in [1.54, 1.807) is 6.20 Å². The first-order valence-corrected chi connectivity index (χ1v) is 8.13. The summed E-state index contributed by atoms with van der Waals surface area (Å²) in [5.41, 5.74) is 12.7. The van der Waals surface area contributed by atoms with Gasteiger partial charge in [0.2, 0.25) is 0 Å². The number of fused-ring (bicyclic) bond motifs is 1. The third kappa shape index (κ3) is 3.82. The number of nitrogens with two attached hydrogens (primary N) is 2. The molecular weight excluding hydrogens is 296 g/mol. The Labute approximate surface area is 135 Å². The molecule has 5 N–H and O–H groups in total. The van der Waals surface area contributed by atoms with Gasteiger partial charge in [0.05, 0.1) is 23.6 Å². The zero-order valence-electron chi connectivity index (χ0n) is 13.2. The lowest BCUT2D eigenvalue weighted by Gasteiger charge is -2.22. The van der Waals surface area contributed by atoms with Gasteiger partial charge in [-0.3, -0.25) is 14.5 Å². The van der Waals surface area contributed by atoms with Crippen molar-refractivity contribution in [1.82, 2.24) is 15.1 Å². The molecule has 3 rings (SSSR count). The van der Waals surface area contributed by atoms with Crippen molar-refractivity contribution >= 4 is 11.9 Å². The minimum atomic E-state index is -0.423. The molecule has 1 amide bonds. The molecule has 8 nitrogen and oxygen atoms in total. The summed E-state index contributed by atoms with van der Waals surface area (Å²) in [5.74, 6) is 0.378. The third-order valence-corrected chi connectivity index (χ3v) is 4.50. The van der Waals surface area contributed by atoms with Crippen molar-refractivity contribution in [1.29, 1.82) is 0 Å². The first-order chi connectivity index (χ1) is 11.1. The van der Waals surface area contributed by atoms with Crippen molar-refractivity contribution in [2.45, 2.75) is 38.3 Å². The maximum atomic E-state index is 11.4. The van der Waals surface area contributed by atoms with E-state index in [0.29, 0.717) is 30.5 Å². The molecule has 2 atom stereocenters. The summed E-state index contributed by atoms with van der Waals surface area (Å²) in [6, 6.07) is 0. The van der Waals surface area contributed by atoms with Gasteiger partial charge in [0, 0.05) is 26.2 Å². The maximum absolute atomic E-state index is 11.4. The van der Waals surface area contributed by atoms with Crippen molar-refractivity contribution in [3.63, 3.8) is 0 Å².